The van der Waals surface area contributed by atoms with E-state index in [2.05, 4.69) is 44.3 Å². The van der Waals surface area contributed by atoms with Crippen molar-refractivity contribution in [3.8, 4) is 6.07 Å². The van der Waals surface area contributed by atoms with Gasteiger partial charge in [0.25, 0.3) is 0 Å². The minimum absolute atomic E-state index is 0.0632. The summed E-state index contributed by atoms with van der Waals surface area (Å²) in [5.74, 6) is 0. The summed E-state index contributed by atoms with van der Waals surface area (Å²) < 4.78 is 0. The molecule has 0 aliphatic rings. The third-order valence-corrected chi connectivity index (χ3v) is 3.23. The Morgan fingerprint density at radius 1 is 1.28 bits per heavy atom. The van der Waals surface area contributed by atoms with Crippen LogP contribution in [0.3, 0.4) is 0 Å². The standard InChI is InChI=1S/C16H24N2/c1-4-10-16(2,3)11-15(12-17)18-13-14-8-6-5-7-9-14/h5-9,15,18H,4,10-11,13H2,1-3H3. The first-order valence-electron chi connectivity index (χ1n) is 6.74. The molecule has 0 radical (unpaired) electrons. The quantitative estimate of drug-likeness (QED) is 0.790. The number of hydrogen-bond donors (Lipinski definition) is 1. The summed E-state index contributed by atoms with van der Waals surface area (Å²) in [4.78, 5) is 0. The van der Waals surface area contributed by atoms with E-state index in [0.29, 0.717) is 0 Å². The molecule has 1 N–H and O–H groups in total. The van der Waals surface area contributed by atoms with Crippen molar-refractivity contribution in [1.29, 1.82) is 5.26 Å². The SMILES string of the molecule is CCCC(C)(C)CC(C#N)NCc1ccccc1. The van der Waals surface area contributed by atoms with Crippen molar-refractivity contribution in [1.82, 2.24) is 5.32 Å². The van der Waals surface area contributed by atoms with E-state index in [1.165, 1.54) is 12.0 Å². The predicted molar refractivity (Wildman–Crippen MR) is 76.0 cm³/mol. The van der Waals surface area contributed by atoms with Crippen LogP contribution in [-0.4, -0.2) is 6.04 Å². The fraction of sp³-hybridized carbons (Fsp3) is 0.562. The summed E-state index contributed by atoms with van der Waals surface area (Å²) >= 11 is 0. The lowest BCUT2D eigenvalue weighted by atomic mass is 9.82. The van der Waals surface area contributed by atoms with Crippen LogP contribution >= 0.6 is 0 Å². The highest BCUT2D eigenvalue weighted by Crippen LogP contribution is 2.28. The lowest BCUT2D eigenvalue weighted by Gasteiger charge is -2.26. The number of hydrogen-bond acceptors (Lipinski definition) is 2. The molecule has 0 amide bonds. The molecule has 1 rings (SSSR count). The molecular formula is C16H24N2. The van der Waals surface area contributed by atoms with Gasteiger partial charge in [0.15, 0.2) is 0 Å². The second kappa shape index (κ2) is 7.18. The van der Waals surface area contributed by atoms with Gasteiger partial charge in [-0.3, -0.25) is 5.32 Å². The van der Waals surface area contributed by atoms with Crippen molar-refractivity contribution < 1.29 is 0 Å². The van der Waals surface area contributed by atoms with E-state index in [9.17, 15) is 5.26 Å². The van der Waals surface area contributed by atoms with Crippen LogP contribution in [0, 0.1) is 16.7 Å². The Kier molecular flexibility index (Phi) is 5.88. The van der Waals surface area contributed by atoms with E-state index < -0.39 is 0 Å². The maximum atomic E-state index is 9.22. The zero-order valence-corrected chi connectivity index (χ0v) is 11.7. The zero-order chi connectivity index (χ0) is 13.4. The van der Waals surface area contributed by atoms with Crippen molar-refractivity contribution in [2.24, 2.45) is 5.41 Å². The molecule has 2 nitrogen and oxygen atoms in total. The van der Waals surface area contributed by atoms with Gasteiger partial charge in [-0.25, -0.2) is 0 Å². The van der Waals surface area contributed by atoms with Gasteiger partial charge in [0, 0.05) is 6.54 Å². The maximum absolute atomic E-state index is 9.22. The Hall–Kier alpha value is -1.33. The van der Waals surface area contributed by atoms with E-state index >= 15 is 0 Å². The molecular weight excluding hydrogens is 220 g/mol. The monoisotopic (exact) mass is 244 g/mol. The van der Waals surface area contributed by atoms with Crippen LogP contribution in [0.2, 0.25) is 0 Å². The van der Waals surface area contributed by atoms with Gasteiger partial charge in [-0.2, -0.15) is 5.26 Å². The van der Waals surface area contributed by atoms with Crippen LogP contribution in [0.25, 0.3) is 0 Å². The van der Waals surface area contributed by atoms with Gasteiger partial charge in [0.2, 0.25) is 0 Å². The van der Waals surface area contributed by atoms with Gasteiger partial charge in [0.1, 0.15) is 0 Å². The van der Waals surface area contributed by atoms with Gasteiger partial charge in [-0.15, -0.1) is 0 Å². The Morgan fingerprint density at radius 2 is 1.94 bits per heavy atom. The second-order valence-corrected chi connectivity index (χ2v) is 5.67. The van der Waals surface area contributed by atoms with E-state index in [1.807, 2.05) is 18.2 Å². The molecule has 1 aromatic rings. The van der Waals surface area contributed by atoms with Gasteiger partial charge < -0.3 is 0 Å². The molecule has 0 fully saturated rings. The van der Waals surface area contributed by atoms with Crippen molar-refractivity contribution in [2.45, 2.75) is 52.6 Å². The summed E-state index contributed by atoms with van der Waals surface area (Å²) in [6, 6.07) is 12.5. The molecule has 0 saturated heterocycles. The van der Waals surface area contributed by atoms with E-state index in [0.717, 1.165) is 19.4 Å². The zero-order valence-electron chi connectivity index (χ0n) is 11.7. The molecule has 2 heteroatoms. The van der Waals surface area contributed by atoms with Crippen molar-refractivity contribution in [2.75, 3.05) is 0 Å². The second-order valence-electron chi connectivity index (χ2n) is 5.67. The molecule has 0 heterocycles. The van der Waals surface area contributed by atoms with Crippen LogP contribution in [0.5, 0.6) is 0 Å². The lowest BCUT2D eigenvalue weighted by molar-refractivity contribution is 0.278. The molecule has 0 aromatic heterocycles. The van der Waals surface area contributed by atoms with Crippen LogP contribution < -0.4 is 5.32 Å². The van der Waals surface area contributed by atoms with Gasteiger partial charge in [-0.1, -0.05) is 57.5 Å². The van der Waals surface area contributed by atoms with E-state index in [4.69, 9.17) is 0 Å². The average molecular weight is 244 g/mol. The Balaban J connectivity index is 2.46. The molecule has 98 valence electrons. The maximum Gasteiger partial charge on any atom is 0.0960 e. The summed E-state index contributed by atoms with van der Waals surface area (Å²) in [7, 11) is 0. The number of nitrogens with one attached hydrogen (secondary N) is 1. The summed E-state index contributed by atoms with van der Waals surface area (Å²) in [6.45, 7) is 7.44. The van der Waals surface area contributed by atoms with Crippen LogP contribution in [0.1, 0.15) is 45.6 Å². The Labute approximate surface area is 111 Å². The van der Waals surface area contributed by atoms with Crippen molar-refractivity contribution in [3.63, 3.8) is 0 Å². The summed E-state index contributed by atoms with van der Waals surface area (Å²) in [5, 5.41) is 12.6. The molecule has 0 spiro atoms. The van der Waals surface area contributed by atoms with Crippen LogP contribution in [0.15, 0.2) is 30.3 Å². The summed E-state index contributed by atoms with van der Waals surface area (Å²) in [5.41, 5.74) is 1.46. The first kappa shape index (κ1) is 14.7. The molecule has 0 saturated carbocycles. The third kappa shape index (κ3) is 5.33. The topological polar surface area (TPSA) is 35.8 Å². The number of rotatable bonds is 7. The van der Waals surface area contributed by atoms with Crippen molar-refractivity contribution >= 4 is 0 Å². The predicted octanol–water partition coefficient (Wildman–Crippen LogP) is 3.88. The molecule has 0 aliphatic heterocycles. The fourth-order valence-electron chi connectivity index (χ4n) is 2.33. The highest BCUT2D eigenvalue weighted by Gasteiger charge is 2.22. The fourth-order valence-corrected chi connectivity index (χ4v) is 2.33. The first-order valence-corrected chi connectivity index (χ1v) is 6.74. The number of nitrogens with zero attached hydrogens (tertiary/aromatic N) is 1. The lowest BCUT2D eigenvalue weighted by Crippen LogP contribution is -2.32. The van der Waals surface area contributed by atoms with Crippen molar-refractivity contribution in [3.05, 3.63) is 35.9 Å². The van der Waals surface area contributed by atoms with E-state index in [1.54, 1.807) is 0 Å². The Morgan fingerprint density at radius 3 is 2.50 bits per heavy atom. The Bertz CT molecular complexity index is 376. The molecule has 1 atom stereocenters. The molecule has 1 aromatic carbocycles. The molecule has 0 bridgehead atoms. The van der Waals surface area contributed by atoms with Crippen LogP contribution in [-0.2, 0) is 6.54 Å². The normalized spacial score (nSPS) is 13.0. The largest absolute Gasteiger partial charge is 0.298 e. The first-order chi connectivity index (χ1) is 8.57. The minimum atomic E-state index is -0.0632. The molecule has 1 unspecified atom stereocenters. The third-order valence-electron chi connectivity index (χ3n) is 3.23. The highest BCUT2D eigenvalue weighted by molar-refractivity contribution is 5.14. The highest BCUT2D eigenvalue weighted by atomic mass is 14.9. The average Bonchev–Trinajstić information content (AvgIpc) is 2.35. The molecule has 18 heavy (non-hydrogen) atoms. The van der Waals surface area contributed by atoms with Gasteiger partial charge in [-0.05, 0) is 23.8 Å². The smallest absolute Gasteiger partial charge is 0.0960 e. The van der Waals surface area contributed by atoms with Crippen LogP contribution in [0.4, 0.5) is 0 Å². The van der Waals surface area contributed by atoms with Gasteiger partial charge in [0.05, 0.1) is 12.1 Å². The summed E-state index contributed by atoms with van der Waals surface area (Å²) in [6.07, 6.45) is 3.24. The molecule has 0 aliphatic carbocycles. The van der Waals surface area contributed by atoms with E-state index in [-0.39, 0.29) is 11.5 Å². The number of nitriles is 1. The number of benzene rings is 1. The minimum Gasteiger partial charge on any atom is -0.298 e. The van der Waals surface area contributed by atoms with Gasteiger partial charge >= 0.3 is 0 Å².